The van der Waals surface area contributed by atoms with Crippen LogP contribution in [0.4, 0.5) is 0 Å². The smallest absolute Gasteiger partial charge is 0.336 e. The van der Waals surface area contributed by atoms with Crippen LogP contribution in [0.15, 0.2) is 219 Å². The van der Waals surface area contributed by atoms with Crippen LogP contribution in [0.1, 0.15) is 86.5 Å². The van der Waals surface area contributed by atoms with E-state index in [9.17, 15) is 39.6 Å². The largest absolute Gasteiger partial charge is 0.478 e. The van der Waals surface area contributed by atoms with Crippen molar-refractivity contribution >= 4 is 70.2 Å². The summed E-state index contributed by atoms with van der Waals surface area (Å²) in [4.78, 5) is 69.6. The number of benzene rings is 4. The summed E-state index contributed by atoms with van der Waals surface area (Å²) < 4.78 is 8.02. The molecule has 13 rings (SSSR count). The number of aromatic amines is 2. The average Bonchev–Trinajstić information content (AvgIpc) is 1.75. The number of carboxylic acid groups (broad SMARTS) is 4. The zero-order valence-electron chi connectivity index (χ0n) is 47.0. The molecule has 4 aromatic carbocycles. The molecule has 11 aromatic rings. The molecule has 88 heavy (non-hydrogen) atoms. The normalized spacial score (nSPS) is 11.6. The van der Waals surface area contributed by atoms with E-state index in [0.717, 1.165) is 0 Å². The topological polar surface area (TPSA) is 222 Å². The Hall–Kier alpha value is -12.0. The lowest BCUT2D eigenvalue weighted by Gasteiger charge is -2.09. The van der Waals surface area contributed by atoms with Gasteiger partial charge >= 0.3 is 23.9 Å². The molecule has 8 bridgehead atoms. The van der Waals surface area contributed by atoms with Gasteiger partial charge in [-0.25, -0.2) is 29.1 Å². The lowest BCUT2D eigenvalue weighted by atomic mass is 10.1. The predicted molar refractivity (Wildman–Crippen MR) is 331 cm³/mol. The first-order valence-electron chi connectivity index (χ1n) is 28.3. The summed E-state index contributed by atoms with van der Waals surface area (Å²) in [6, 6.07) is 58.9. The van der Waals surface area contributed by atoms with Crippen molar-refractivity contribution in [1.29, 1.82) is 0 Å². The minimum atomic E-state index is -1.05. The highest BCUT2D eigenvalue weighted by atomic mass is 16.4. The van der Waals surface area contributed by atoms with E-state index in [-0.39, 0.29) is 48.4 Å². The van der Waals surface area contributed by atoms with Crippen LogP contribution in [0.5, 0.6) is 0 Å². The molecule has 0 atom stereocenters. The van der Waals surface area contributed by atoms with Crippen molar-refractivity contribution in [2.45, 2.75) is 26.2 Å². The van der Waals surface area contributed by atoms with Crippen molar-refractivity contribution in [3.05, 3.63) is 286 Å². The Labute approximate surface area is 503 Å². The molecule has 9 heterocycles. The molecular formula is C72H54N8O8+4. The van der Waals surface area contributed by atoms with E-state index in [1.165, 1.54) is 0 Å². The molecule has 0 amide bonds. The second-order valence-corrected chi connectivity index (χ2v) is 21.2. The van der Waals surface area contributed by atoms with Gasteiger partial charge in [-0.05, 0) is 97.1 Å². The van der Waals surface area contributed by atoms with E-state index in [0.29, 0.717) is 112 Å². The van der Waals surface area contributed by atoms with Crippen LogP contribution >= 0.6 is 0 Å². The number of nitrogens with zero attached hydrogens (tertiary/aromatic N) is 6. The summed E-state index contributed by atoms with van der Waals surface area (Å²) in [7, 11) is 0. The van der Waals surface area contributed by atoms with Gasteiger partial charge in [-0.15, -0.1) is 0 Å². The van der Waals surface area contributed by atoms with Crippen molar-refractivity contribution < 1.29 is 57.9 Å². The van der Waals surface area contributed by atoms with Crippen LogP contribution in [0.3, 0.4) is 0 Å². The third kappa shape index (κ3) is 10.7. The van der Waals surface area contributed by atoms with Crippen LogP contribution < -0.4 is 18.3 Å². The van der Waals surface area contributed by atoms with Crippen molar-refractivity contribution in [2.24, 2.45) is 0 Å². The van der Waals surface area contributed by atoms with Gasteiger partial charge in [0, 0.05) is 70.8 Å². The van der Waals surface area contributed by atoms with Crippen molar-refractivity contribution in [3.63, 3.8) is 0 Å². The first-order chi connectivity index (χ1) is 42.9. The van der Waals surface area contributed by atoms with E-state index in [4.69, 9.17) is 9.97 Å². The molecule has 16 nitrogen and oxygen atoms in total. The van der Waals surface area contributed by atoms with E-state index in [1.807, 2.05) is 213 Å². The maximum Gasteiger partial charge on any atom is 0.336 e. The number of H-pyrrole nitrogens is 2. The molecule has 7 aromatic heterocycles. The first-order valence-corrected chi connectivity index (χ1v) is 28.3. The van der Waals surface area contributed by atoms with Gasteiger partial charge in [-0.3, -0.25) is 0 Å². The number of carboxylic acids is 4. The first kappa shape index (κ1) is 55.2. The van der Waals surface area contributed by atoms with Gasteiger partial charge in [0.05, 0.1) is 89.4 Å². The molecule has 6 N–H and O–H groups in total. The number of rotatable bonds is 16. The number of hydrogen-bond acceptors (Lipinski definition) is 6. The number of carbonyl (C=O) groups is 4. The van der Waals surface area contributed by atoms with E-state index < -0.39 is 23.9 Å². The van der Waals surface area contributed by atoms with Crippen LogP contribution in [-0.2, 0) is 26.2 Å². The monoisotopic (exact) mass is 1160 g/mol. The molecule has 2 aliphatic rings. The van der Waals surface area contributed by atoms with Gasteiger partial charge in [0.15, 0.2) is 51.0 Å². The highest BCUT2D eigenvalue weighted by Crippen LogP contribution is 2.37. The van der Waals surface area contributed by atoms with Crippen molar-refractivity contribution in [1.82, 2.24) is 19.9 Å². The van der Waals surface area contributed by atoms with Crippen LogP contribution in [0.25, 0.3) is 91.4 Å². The third-order valence-corrected chi connectivity index (χ3v) is 15.9. The summed E-state index contributed by atoms with van der Waals surface area (Å²) in [6.45, 7) is 0.776. The number of aromatic nitrogens is 8. The Balaban J connectivity index is 1.15. The summed E-state index contributed by atoms with van der Waals surface area (Å²) in [5.41, 5.74) is 13.5. The lowest BCUT2D eigenvalue weighted by molar-refractivity contribution is -0.677. The standard InChI is InChI=1S/C72H50N8O8/c81-69(82)49-21-5-1-17-45(49)41-77-37-13-9-25-61(77)65-53-29-31-55(73-53)66(62-26-10-14-38-78(62)42-46-18-2-6-22-50(46)70(83)84)57-33-35-59(75-57)68(64-28-12-16-40-80(64)44-48-20-4-8-24-52(48)72(87)88)60-36-34-58(76-60)67(56-32-30-54(65)74-56)63-27-11-15-39-79(63)43-47-19-3-7-23-51(47)71(85)86/h1-40H,41-44H2,(H2-3,73,74,75,76,81,82,83,84,85,86,87,88)/p+4. The number of fused-ring (bicyclic) bond motifs is 8. The predicted octanol–water partition coefficient (Wildman–Crippen LogP) is 11.5. The molecule has 0 aliphatic carbocycles. The van der Waals surface area contributed by atoms with E-state index in [1.54, 1.807) is 48.5 Å². The van der Waals surface area contributed by atoms with Gasteiger partial charge in [-0.2, -0.15) is 18.3 Å². The maximum absolute atomic E-state index is 12.7. The Morgan fingerprint density at radius 2 is 0.511 bits per heavy atom. The minimum absolute atomic E-state index is 0.171. The zero-order chi connectivity index (χ0) is 60.4. The van der Waals surface area contributed by atoms with E-state index in [2.05, 4.69) is 9.97 Å². The summed E-state index contributed by atoms with van der Waals surface area (Å²) in [5.74, 6) is -4.19. The van der Waals surface area contributed by atoms with Crippen LogP contribution in [0, 0.1) is 0 Å². The average molecular weight is 1160 g/mol. The molecule has 0 fully saturated rings. The molecule has 2 aliphatic heterocycles. The fraction of sp³-hybridized carbons (Fsp3) is 0.0556. The van der Waals surface area contributed by atoms with Gasteiger partial charge in [0.2, 0.25) is 22.8 Å². The lowest BCUT2D eigenvalue weighted by Crippen LogP contribution is -2.37. The highest BCUT2D eigenvalue weighted by Gasteiger charge is 2.30. The number of aromatic carboxylic acids is 4. The fourth-order valence-electron chi connectivity index (χ4n) is 11.8. The Kier molecular flexibility index (Phi) is 14.8. The molecule has 0 unspecified atom stereocenters. The molecule has 426 valence electrons. The van der Waals surface area contributed by atoms with Crippen LogP contribution in [-0.4, -0.2) is 64.2 Å². The molecule has 0 saturated heterocycles. The molecule has 16 heteroatoms. The Bertz CT molecular complexity index is 4320. The van der Waals surface area contributed by atoms with E-state index >= 15 is 0 Å². The zero-order valence-corrected chi connectivity index (χ0v) is 47.0. The third-order valence-electron chi connectivity index (χ3n) is 15.9. The Morgan fingerprint density at radius 1 is 0.295 bits per heavy atom. The number of pyridine rings is 4. The maximum atomic E-state index is 12.7. The van der Waals surface area contributed by atoms with Gasteiger partial charge in [0.25, 0.3) is 0 Å². The minimum Gasteiger partial charge on any atom is -0.478 e. The molecular weight excluding hydrogens is 1100 g/mol. The second kappa shape index (κ2) is 23.5. The quantitative estimate of drug-likeness (QED) is 0.0502. The van der Waals surface area contributed by atoms with Crippen LogP contribution in [0.2, 0.25) is 0 Å². The number of nitrogens with one attached hydrogen (secondary N) is 2. The van der Waals surface area contributed by atoms with Gasteiger partial charge < -0.3 is 30.4 Å². The number of hydrogen-bond donors (Lipinski definition) is 6. The summed E-state index contributed by atoms with van der Waals surface area (Å²) in [6.07, 6.45) is 15.5. The molecule has 0 spiro atoms. The molecule has 0 radical (unpaired) electrons. The second-order valence-electron chi connectivity index (χ2n) is 21.2. The fourth-order valence-corrected chi connectivity index (χ4v) is 11.8. The van der Waals surface area contributed by atoms with Crippen molar-refractivity contribution in [3.8, 4) is 45.0 Å². The van der Waals surface area contributed by atoms with Gasteiger partial charge in [0.1, 0.15) is 0 Å². The SMILES string of the molecule is O=C(O)c1ccccc1C[n+]1ccccc1-c1c2nc(c(-c3cccc[n+]3Cc3ccccc3C(=O)O)c3ccc([nH]3)c(-c3cccc[n+]3Cc3ccccc3C(=O)O)c3nc(c(-c4cccc[n+]4Cc4ccccc4C(=O)O)c4ccc1[nH]4)C=C3)C=C2. The summed E-state index contributed by atoms with van der Waals surface area (Å²) in [5, 5.41) is 41.5. The Morgan fingerprint density at radius 3 is 0.739 bits per heavy atom. The molecule has 0 saturated carbocycles. The van der Waals surface area contributed by atoms with Gasteiger partial charge in [-0.1, -0.05) is 72.8 Å². The highest BCUT2D eigenvalue weighted by molar-refractivity contribution is 5.98. The van der Waals surface area contributed by atoms with Crippen molar-refractivity contribution in [2.75, 3.05) is 0 Å². The summed E-state index contributed by atoms with van der Waals surface area (Å²) >= 11 is 0.